The maximum atomic E-state index is 13.1. The van der Waals surface area contributed by atoms with Crippen LogP contribution in [0.25, 0.3) is 11.1 Å². The summed E-state index contributed by atoms with van der Waals surface area (Å²) in [6.45, 7) is -0.527. The zero-order chi connectivity index (χ0) is 23.8. The molecule has 5 N–H and O–H groups in total. The minimum Gasteiger partial charge on any atom is -0.480 e. The third-order valence-electron chi connectivity index (χ3n) is 5.04. The molecule has 166 valence electrons. The highest BCUT2D eigenvalue weighted by molar-refractivity contribution is 6.00. The van der Waals surface area contributed by atoms with Crippen LogP contribution in [0.3, 0.4) is 0 Å². The van der Waals surface area contributed by atoms with Gasteiger partial charge in [-0.3, -0.25) is 14.5 Å². The van der Waals surface area contributed by atoms with Gasteiger partial charge in [0, 0.05) is 5.69 Å². The normalized spacial score (nSPS) is 11.6. The van der Waals surface area contributed by atoms with Gasteiger partial charge in [-0.1, -0.05) is 54.6 Å². The molecule has 1 amide bonds. The minimum absolute atomic E-state index is 0.217. The van der Waals surface area contributed by atoms with Crippen LogP contribution in [0.5, 0.6) is 0 Å². The van der Waals surface area contributed by atoms with E-state index in [1.165, 1.54) is 6.21 Å². The average Bonchev–Trinajstić information content (AvgIpc) is 2.82. The SMILES string of the molecule is N#Cc1ccccc1-c1ccc(N(CC(=O)O)C(=O)[C@@H](N)Cc2cccc(C=NN)c2)cc1. The van der Waals surface area contributed by atoms with E-state index in [1.54, 1.807) is 42.5 Å². The largest absolute Gasteiger partial charge is 0.480 e. The Bertz CT molecular complexity index is 1220. The van der Waals surface area contributed by atoms with Crippen molar-refractivity contribution >= 4 is 23.8 Å². The molecule has 3 aromatic rings. The van der Waals surface area contributed by atoms with Crippen molar-refractivity contribution in [3.8, 4) is 17.2 Å². The first kappa shape index (κ1) is 23.2. The molecule has 8 heteroatoms. The molecule has 33 heavy (non-hydrogen) atoms. The highest BCUT2D eigenvalue weighted by Gasteiger charge is 2.25. The number of amides is 1. The molecule has 0 radical (unpaired) electrons. The molecule has 0 fully saturated rings. The number of nitrogens with two attached hydrogens (primary N) is 2. The second-order valence-electron chi connectivity index (χ2n) is 7.36. The average molecular weight is 441 g/mol. The minimum atomic E-state index is -1.16. The van der Waals surface area contributed by atoms with E-state index in [-0.39, 0.29) is 6.42 Å². The van der Waals surface area contributed by atoms with Crippen molar-refractivity contribution < 1.29 is 14.7 Å². The van der Waals surface area contributed by atoms with Gasteiger partial charge >= 0.3 is 5.97 Å². The molecule has 3 aromatic carbocycles. The second-order valence-corrected chi connectivity index (χ2v) is 7.36. The van der Waals surface area contributed by atoms with Crippen LogP contribution in [0, 0.1) is 11.3 Å². The Balaban J connectivity index is 1.84. The van der Waals surface area contributed by atoms with Gasteiger partial charge in [-0.05, 0) is 46.9 Å². The monoisotopic (exact) mass is 441 g/mol. The predicted molar refractivity (Wildman–Crippen MR) is 126 cm³/mol. The van der Waals surface area contributed by atoms with Crippen molar-refractivity contribution in [2.45, 2.75) is 12.5 Å². The third kappa shape index (κ3) is 5.81. The number of hydrogen-bond donors (Lipinski definition) is 3. The summed E-state index contributed by atoms with van der Waals surface area (Å²) in [4.78, 5) is 25.7. The summed E-state index contributed by atoms with van der Waals surface area (Å²) in [5.41, 5.74) is 10.2. The van der Waals surface area contributed by atoms with Gasteiger partial charge in [-0.25, -0.2) is 0 Å². The van der Waals surface area contributed by atoms with E-state index in [1.807, 2.05) is 30.3 Å². The first-order valence-corrected chi connectivity index (χ1v) is 10.1. The van der Waals surface area contributed by atoms with Crippen LogP contribution < -0.4 is 16.5 Å². The van der Waals surface area contributed by atoms with Crippen molar-refractivity contribution in [3.63, 3.8) is 0 Å². The van der Waals surface area contributed by atoms with Gasteiger partial charge in [-0.15, -0.1) is 0 Å². The summed E-state index contributed by atoms with van der Waals surface area (Å²) < 4.78 is 0. The van der Waals surface area contributed by atoms with E-state index in [4.69, 9.17) is 11.6 Å². The molecule has 8 nitrogen and oxygen atoms in total. The molecule has 0 saturated heterocycles. The van der Waals surface area contributed by atoms with E-state index in [9.17, 15) is 20.0 Å². The highest BCUT2D eigenvalue weighted by atomic mass is 16.4. The molecule has 0 unspecified atom stereocenters. The number of rotatable bonds is 8. The van der Waals surface area contributed by atoms with Crippen LogP contribution in [0.1, 0.15) is 16.7 Å². The number of hydrazone groups is 1. The summed E-state index contributed by atoms with van der Waals surface area (Å²) in [6.07, 6.45) is 1.70. The molecule has 0 bridgehead atoms. The Hall–Kier alpha value is -4.48. The number of hydrogen-bond acceptors (Lipinski definition) is 6. The number of nitrogens with zero attached hydrogens (tertiary/aromatic N) is 3. The van der Waals surface area contributed by atoms with Crippen LogP contribution in [0.15, 0.2) is 77.9 Å². The molecule has 3 rings (SSSR count). The summed E-state index contributed by atoms with van der Waals surface area (Å²) in [6, 6.07) is 22.4. The quantitative estimate of drug-likeness (QED) is 0.278. The van der Waals surface area contributed by atoms with Gasteiger partial charge in [-0.2, -0.15) is 10.4 Å². The molecule has 0 aromatic heterocycles. The van der Waals surface area contributed by atoms with Crippen molar-refractivity contribution in [2.75, 3.05) is 11.4 Å². The lowest BCUT2D eigenvalue weighted by molar-refractivity contribution is -0.136. The number of anilines is 1. The summed E-state index contributed by atoms with van der Waals surface area (Å²) in [7, 11) is 0. The van der Waals surface area contributed by atoms with E-state index in [0.717, 1.165) is 27.2 Å². The summed E-state index contributed by atoms with van der Waals surface area (Å²) >= 11 is 0. The molecular formula is C25H23N5O3. The van der Waals surface area contributed by atoms with Crippen molar-refractivity contribution in [3.05, 3.63) is 89.5 Å². The number of nitriles is 1. The number of benzene rings is 3. The molecule has 1 atom stereocenters. The van der Waals surface area contributed by atoms with Gasteiger partial charge in [0.1, 0.15) is 6.54 Å². The van der Waals surface area contributed by atoms with Crippen molar-refractivity contribution in [2.24, 2.45) is 16.7 Å². The van der Waals surface area contributed by atoms with Gasteiger partial charge in [0.2, 0.25) is 5.91 Å². The number of carbonyl (C=O) groups excluding carboxylic acids is 1. The Morgan fingerprint density at radius 2 is 1.82 bits per heavy atom. The van der Waals surface area contributed by atoms with Crippen LogP contribution in [-0.2, 0) is 16.0 Å². The standard InChI is InChI=1S/C25H23N5O3/c26-14-20-6-1-2-7-22(20)19-8-10-21(11-9-19)30(16-24(31)32)25(33)23(27)13-17-4-3-5-18(12-17)15-29-28/h1-12,15,23H,13,16,27-28H2,(H,31,32)/t23-/m0/s1. The number of aliphatic carboxylic acids is 1. The highest BCUT2D eigenvalue weighted by Crippen LogP contribution is 2.26. The van der Waals surface area contributed by atoms with Gasteiger partial charge in [0.25, 0.3) is 0 Å². The number of carboxylic acids is 1. The smallest absolute Gasteiger partial charge is 0.323 e. The first-order chi connectivity index (χ1) is 15.9. The fourth-order valence-corrected chi connectivity index (χ4v) is 3.51. The lowest BCUT2D eigenvalue weighted by atomic mass is 10.00. The van der Waals surface area contributed by atoms with Gasteiger partial charge in [0.05, 0.1) is 23.9 Å². The Morgan fingerprint density at radius 1 is 1.09 bits per heavy atom. The fraction of sp³-hybridized carbons (Fsp3) is 0.120. The van der Waals surface area contributed by atoms with E-state index >= 15 is 0 Å². The zero-order valence-electron chi connectivity index (χ0n) is 17.8. The molecule has 0 heterocycles. The molecular weight excluding hydrogens is 418 g/mol. The first-order valence-electron chi connectivity index (χ1n) is 10.1. The third-order valence-corrected chi connectivity index (χ3v) is 5.04. The molecule has 0 aliphatic carbocycles. The lowest BCUT2D eigenvalue weighted by Gasteiger charge is -2.24. The van der Waals surface area contributed by atoms with Gasteiger partial charge < -0.3 is 16.7 Å². The molecule has 0 spiro atoms. The molecule has 0 aliphatic heterocycles. The lowest BCUT2D eigenvalue weighted by Crippen LogP contribution is -2.47. The maximum Gasteiger partial charge on any atom is 0.323 e. The Labute approximate surface area is 191 Å². The zero-order valence-corrected chi connectivity index (χ0v) is 17.8. The predicted octanol–water partition coefficient (Wildman–Crippen LogP) is 2.51. The van der Waals surface area contributed by atoms with Crippen molar-refractivity contribution in [1.82, 2.24) is 0 Å². The van der Waals surface area contributed by atoms with Gasteiger partial charge in [0.15, 0.2) is 0 Å². The van der Waals surface area contributed by atoms with Crippen molar-refractivity contribution in [1.29, 1.82) is 5.26 Å². The van der Waals surface area contributed by atoms with Crippen LogP contribution in [0.4, 0.5) is 5.69 Å². The summed E-state index contributed by atoms with van der Waals surface area (Å²) in [5.74, 6) is 3.52. The van der Waals surface area contributed by atoms with E-state index < -0.39 is 24.5 Å². The second kappa shape index (κ2) is 10.7. The Morgan fingerprint density at radius 3 is 2.48 bits per heavy atom. The molecule has 0 saturated carbocycles. The Kier molecular flexibility index (Phi) is 7.52. The number of carbonyl (C=O) groups is 2. The maximum absolute atomic E-state index is 13.1. The topological polar surface area (TPSA) is 146 Å². The van der Waals surface area contributed by atoms with E-state index in [0.29, 0.717) is 11.3 Å². The number of carboxylic acid groups (broad SMARTS) is 1. The summed E-state index contributed by atoms with van der Waals surface area (Å²) in [5, 5.41) is 22.2. The van der Waals surface area contributed by atoms with Crippen LogP contribution >= 0.6 is 0 Å². The van der Waals surface area contributed by atoms with E-state index in [2.05, 4.69) is 11.2 Å². The van der Waals surface area contributed by atoms with Crippen LogP contribution in [-0.4, -0.2) is 35.8 Å². The van der Waals surface area contributed by atoms with Crippen LogP contribution in [0.2, 0.25) is 0 Å². The molecule has 0 aliphatic rings. The fourth-order valence-electron chi connectivity index (χ4n) is 3.51.